The van der Waals surface area contributed by atoms with Crippen LogP contribution in [0.3, 0.4) is 0 Å². The number of benzene rings is 4. The molecule has 9 aliphatic heterocycles. The van der Waals surface area contributed by atoms with Crippen molar-refractivity contribution in [2.45, 2.75) is 132 Å². The Balaban J connectivity index is 0.000000142. The number of amides is 6. The van der Waals surface area contributed by atoms with Gasteiger partial charge in [0, 0.05) is 138 Å². The number of methoxy groups -OCH3 is 2. The number of para-hydroxylation sites is 2. The number of hydrogen-bond donors (Lipinski definition) is 0. The summed E-state index contributed by atoms with van der Waals surface area (Å²) in [5.41, 5.74) is 6.92. The van der Waals surface area contributed by atoms with Crippen LogP contribution in [-0.2, 0) is 35.3 Å². The van der Waals surface area contributed by atoms with Crippen LogP contribution in [0, 0.1) is 17.5 Å². The third kappa shape index (κ3) is 15.1. The molecular formula is C77H100F3N11O9. The zero-order chi connectivity index (χ0) is 70.3. The third-order valence-corrected chi connectivity index (χ3v) is 23.1. The third-order valence-electron chi connectivity index (χ3n) is 23.1. The van der Waals surface area contributed by atoms with Crippen LogP contribution in [0.2, 0.25) is 0 Å². The van der Waals surface area contributed by atoms with Gasteiger partial charge in [0.2, 0.25) is 5.91 Å². The van der Waals surface area contributed by atoms with E-state index in [1.807, 2.05) is 69.8 Å². The number of rotatable bonds is 11. The molecule has 1 aromatic heterocycles. The Morgan fingerprint density at radius 2 is 0.920 bits per heavy atom. The van der Waals surface area contributed by atoms with Crippen molar-refractivity contribution in [3.8, 4) is 5.75 Å². The quantitative estimate of drug-likeness (QED) is 0.122. The van der Waals surface area contributed by atoms with Crippen molar-refractivity contribution in [2.75, 3.05) is 161 Å². The maximum absolute atomic E-state index is 14.4. The maximum Gasteiger partial charge on any atom is 0.409 e. The topological polar surface area (TPSA) is 168 Å². The summed E-state index contributed by atoms with van der Waals surface area (Å²) in [5, 5.41) is 0. The zero-order valence-electron chi connectivity index (χ0n) is 59.2. The predicted molar refractivity (Wildman–Crippen MR) is 378 cm³/mol. The van der Waals surface area contributed by atoms with Crippen molar-refractivity contribution in [1.82, 2.24) is 39.3 Å². The van der Waals surface area contributed by atoms with Gasteiger partial charge in [0.1, 0.15) is 28.9 Å². The molecule has 0 aliphatic carbocycles. The fraction of sp³-hybridized carbons (Fsp3) is 0.558. The molecule has 0 N–H and O–H groups in total. The van der Waals surface area contributed by atoms with Gasteiger partial charge in [0.05, 0.1) is 39.0 Å². The van der Waals surface area contributed by atoms with Gasteiger partial charge in [0.25, 0.3) is 5.91 Å². The van der Waals surface area contributed by atoms with Gasteiger partial charge >= 0.3 is 18.2 Å². The van der Waals surface area contributed by atoms with E-state index in [1.165, 1.54) is 12.1 Å². The highest BCUT2D eigenvalue weighted by Gasteiger charge is 2.51. The Bertz CT molecular complexity index is 3670. The van der Waals surface area contributed by atoms with Gasteiger partial charge in [-0.3, -0.25) is 19.5 Å². The van der Waals surface area contributed by atoms with Gasteiger partial charge in [-0.1, -0.05) is 18.2 Å². The molecule has 23 heteroatoms. The summed E-state index contributed by atoms with van der Waals surface area (Å²) in [6.07, 6.45) is 12.9. The minimum absolute atomic E-state index is 0.00638. The largest absolute Gasteiger partial charge is 0.495 e. The number of likely N-dealkylation sites (tertiary alicyclic amines) is 6. The molecule has 6 amide bonds. The smallest absolute Gasteiger partial charge is 0.409 e. The number of carbonyl (C=O) groups excluding carboxylic acids is 5. The van der Waals surface area contributed by atoms with Crippen molar-refractivity contribution >= 4 is 52.8 Å². The second-order valence-corrected chi connectivity index (χ2v) is 28.7. The fourth-order valence-electron chi connectivity index (χ4n) is 17.5. The van der Waals surface area contributed by atoms with Crippen LogP contribution in [0.25, 0.3) is 0 Å². The van der Waals surface area contributed by atoms with E-state index < -0.39 is 0 Å². The standard InChI is InChI=1S/C27H34FN3O3.C26H32FN5O2.C24H34FN3O4/c1-3-34-26(32)30-14-10-21(11-15-30)29-16-12-27(13-17-29)19-31(23-9-8-20(28)18-22(23)27)24-6-4-5-7-25(24)33-2;1-29(2)25(34)32-18-26(21-17-19(27)6-7-23(21)32)10-15-30(16-11-26)20-8-13-31(14-9-20)24(33)22-5-3-4-12-28-22;1-3-32-23(30)27-11-6-19(7-12-27)26-13-9-24(10-14-26)17-28(22(29)8-15-31-2)21-5-4-18(25)16-20(21)24/h4-9,18,21H,3,10-17,19H2,1-2H3;3-7,12,17,20H,8-11,13-16,18H2,1-2H3;4-5,16,19H,3,6-15,17H2,1-2H3. The van der Waals surface area contributed by atoms with Crippen LogP contribution in [0.5, 0.6) is 5.75 Å². The van der Waals surface area contributed by atoms with Crippen LogP contribution in [0.15, 0.2) is 103 Å². The van der Waals surface area contributed by atoms with Crippen LogP contribution in [0.1, 0.15) is 124 Å². The van der Waals surface area contributed by atoms with E-state index in [0.717, 1.165) is 207 Å². The number of aromatic nitrogens is 1. The number of carbonyl (C=O) groups is 5. The van der Waals surface area contributed by atoms with Crippen LogP contribution in [0.4, 0.5) is 50.3 Å². The Labute approximate surface area is 587 Å². The second kappa shape index (κ2) is 31.5. The van der Waals surface area contributed by atoms with E-state index in [2.05, 4.69) is 30.6 Å². The lowest BCUT2D eigenvalue weighted by atomic mass is 9.74. The molecule has 0 unspecified atom stereocenters. The fourth-order valence-corrected chi connectivity index (χ4v) is 17.5. The number of pyridine rings is 1. The minimum atomic E-state index is -0.247. The first-order valence-electron chi connectivity index (χ1n) is 36.2. The molecule has 0 bridgehead atoms. The van der Waals surface area contributed by atoms with E-state index in [0.29, 0.717) is 63.2 Å². The lowest BCUT2D eigenvalue weighted by molar-refractivity contribution is -0.119. The minimum Gasteiger partial charge on any atom is -0.495 e. The Morgan fingerprint density at radius 1 is 0.500 bits per heavy atom. The first-order valence-corrected chi connectivity index (χ1v) is 36.2. The SMILES string of the molecule is CCOC(=O)N1CCC(N2CCC3(CC2)CN(C(=O)CCOC)c2ccc(F)cc23)CC1.CCOC(=O)N1CCC(N2CCC3(CC2)CN(c2ccccc2OC)c2ccc(F)cc23)CC1.CN(C)C(=O)N1CC2(CCN(C3CCN(C(=O)c4ccccn4)CC3)CC2)c2cc(F)ccc21. The van der Waals surface area contributed by atoms with E-state index >= 15 is 0 Å². The number of hydrogen-bond acceptors (Lipinski definition) is 14. The first-order chi connectivity index (χ1) is 48.4. The lowest BCUT2D eigenvalue weighted by Crippen LogP contribution is -2.52. The Hall–Kier alpha value is -7.99. The summed E-state index contributed by atoms with van der Waals surface area (Å²) in [6.45, 7) is 17.0. The van der Waals surface area contributed by atoms with Crippen molar-refractivity contribution in [1.29, 1.82) is 0 Å². The van der Waals surface area contributed by atoms with Crippen molar-refractivity contribution in [3.63, 3.8) is 0 Å². The van der Waals surface area contributed by atoms with Gasteiger partial charge in [-0.2, -0.15) is 0 Å². The van der Waals surface area contributed by atoms with Crippen molar-refractivity contribution in [2.24, 2.45) is 0 Å². The molecule has 20 nitrogen and oxygen atoms in total. The lowest BCUT2D eigenvalue weighted by Gasteiger charge is -2.45. The van der Waals surface area contributed by atoms with Crippen LogP contribution < -0.4 is 19.4 Å². The Kier molecular flexibility index (Phi) is 22.6. The molecule has 0 saturated carbocycles. The second-order valence-electron chi connectivity index (χ2n) is 28.7. The average molecular weight is 1380 g/mol. The highest BCUT2D eigenvalue weighted by Crippen LogP contribution is 2.53. The van der Waals surface area contributed by atoms with Gasteiger partial charge in [-0.05, 0) is 226 Å². The van der Waals surface area contributed by atoms with E-state index in [1.54, 1.807) is 86.8 Å². The molecular weight excluding hydrogens is 1280 g/mol. The molecule has 3 spiro atoms. The molecule has 10 heterocycles. The number of ether oxygens (including phenoxy) is 4. The molecule has 4 aromatic carbocycles. The highest BCUT2D eigenvalue weighted by molar-refractivity contribution is 5.97. The maximum atomic E-state index is 14.4. The normalized spacial score (nSPS) is 20.6. The molecule has 14 rings (SSSR count). The molecule has 6 fully saturated rings. The number of halogens is 3. The van der Waals surface area contributed by atoms with Crippen molar-refractivity contribution < 1.29 is 56.1 Å². The van der Waals surface area contributed by atoms with Gasteiger partial charge in [0.15, 0.2) is 0 Å². The van der Waals surface area contributed by atoms with Crippen molar-refractivity contribution in [3.05, 3.63) is 143 Å². The van der Waals surface area contributed by atoms with E-state index in [-0.39, 0.29) is 63.7 Å². The van der Waals surface area contributed by atoms with Gasteiger partial charge in [-0.25, -0.2) is 27.6 Å². The van der Waals surface area contributed by atoms with Gasteiger partial charge in [-0.15, -0.1) is 0 Å². The molecule has 0 radical (unpaired) electrons. The summed E-state index contributed by atoms with van der Waals surface area (Å²) in [6, 6.07) is 29.7. The number of piperidine rings is 6. The summed E-state index contributed by atoms with van der Waals surface area (Å²) < 4.78 is 63.8. The molecule has 538 valence electrons. The van der Waals surface area contributed by atoms with E-state index in [9.17, 15) is 37.1 Å². The van der Waals surface area contributed by atoms with Crippen LogP contribution >= 0.6 is 0 Å². The van der Waals surface area contributed by atoms with Crippen LogP contribution in [-0.4, -0.2) is 234 Å². The number of nitrogens with zero attached hydrogens (tertiary/aromatic N) is 11. The summed E-state index contributed by atoms with van der Waals surface area (Å²) in [5.74, 6) is 0.208. The predicted octanol–water partition coefficient (Wildman–Crippen LogP) is 11.5. The number of anilines is 4. The molecule has 0 atom stereocenters. The summed E-state index contributed by atoms with van der Waals surface area (Å²) in [4.78, 5) is 87.3. The van der Waals surface area contributed by atoms with Gasteiger partial charge < -0.3 is 63.0 Å². The summed E-state index contributed by atoms with van der Waals surface area (Å²) >= 11 is 0. The monoisotopic (exact) mass is 1380 g/mol. The number of urea groups is 1. The first kappa shape index (κ1) is 71.8. The molecule has 9 aliphatic rings. The Morgan fingerprint density at radius 3 is 1.36 bits per heavy atom. The highest BCUT2D eigenvalue weighted by atomic mass is 19.1. The summed E-state index contributed by atoms with van der Waals surface area (Å²) in [7, 11) is 6.80. The molecule has 6 saturated heterocycles. The van der Waals surface area contributed by atoms with E-state index in [4.69, 9.17) is 18.9 Å². The zero-order valence-corrected chi connectivity index (χ0v) is 59.2. The molecule has 100 heavy (non-hydrogen) atoms. The molecule has 5 aromatic rings. The number of fused-ring (bicyclic) bond motifs is 6. The average Bonchev–Trinajstić information content (AvgIpc) is 1.60.